The number of halogens is 2. The lowest BCUT2D eigenvalue weighted by Gasteiger charge is -2.32. The molecule has 2 amide bonds. The Kier molecular flexibility index (Phi) is 7.55. The maximum atomic E-state index is 13.7. The molecule has 1 aliphatic heterocycles. The predicted molar refractivity (Wildman–Crippen MR) is 114 cm³/mol. The van der Waals surface area contributed by atoms with E-state index in [0.29, 0.717) is 30.8 Å². The van der Waals surface area contributed by atoms with E-state index in [1.54, 1.807) is 19.0 Å². The standard InChI is InChI=1S/C22H27F2N5O3/c1-14(30)28(3)12-21-26-18(10-20(25-2)27-21)15-5-4-8-29(11-15)22(31)13-32-19-7-6-16(23)9-17(19)24/h6-7,9-10,15H,4-5,8,11-13H2,1-3H3,(H,25,26,27)/t15-/m1/s1. The van der Waals surface area contributed by atoms with Gasteiger partial charge < -0.3 is 19.9 Å². The maximum Gasteiger partial charge on any atom is 0.260 e. The molecule has 0 aliphatic carbocycles. The summed E-state index contributed by atoms with van der Waals surface area (Å²) in [6.07, 6.45) is 1.63. The first-order valence-electron chi connectivity index (χ1n) is 10.4. The summed E-state index contributed by atoms with van der Waals surface area (Å²) in [5.74, 6) is -0.940. The number of hydrogen-bond acceptors (Lipinski definition) is 6. The van der Waals surface area contributed by atoms with Crippen LogP contribution in [0, 0.1) is 11.6 Å². The van der Waals surface area contributed by atoms with Crippen LogP contribution in [0.25, 0.3) is 0 Å². The lowest BCUT2D eigenvalue weighted by molar-refractivity contribution is -0.134. The summed E-state index contributed by atoms with van der Waals surface area (Å²) in [5, 5.41) is 3.01. The van der Waals surface area contributed by atoms with Crippen molar-refractivity contribution in [1.82, 2.24) is 19.8 Å². The van der Waals surface area contributed by atoms with Crippen molar-refractivity contribution in [3.63, 3.8) is 0 Å². The SMILES string of the molecule is CNc1cc([C@@H]2CCCN(C(=O)COc3ccc(F)cc3F)C2)nc(CN(C)C(C)=O)n1. The number of rotatable bonds is 7. The third-order valence-electron chi connectivity index (χ3n) is 5.40. The van der Waals surface area contributed by atoms with E-state index in [9.17, 15) is 18.4 Å². The molecule has 0 radical (unpaired) electrons. The molecule has 10 heteroatoms. The molecular formula is C22H27F2N5O3. The van der Waals surface area contributed by atoms with Crippen molar-refractivity contribution in [2.75, 3.05) is 39.1 Å². The predicted octanol–water partition coefficient (Wildman–Crippen LogP) is 2.56. The van der Waals surface area contributed by atoms with E-state index in [4.69, 9.17) is 4.74 Å². The van der Waals surface area contributed by atoms with Gasteiger partial charge in [0.1, 0.15) is 17.5 Å². The summed E-state index contributed by atoms with van der Waals surface area (Å²) in [4.78, 5) is 36.5. The number of aromatic nitrogens is 2. The highest BCUT2D eigenvalue weighted by Crippen LogP contribution is 2.27. The van der Waals surface area contributed by atoms with Crippen molar-refractivity contribution in [2.24, 2.45) is 0 Å². The topological polar surface area (TPSA) is 87.7 Å². The monoisotopic (exact) mass is 447 g/mol. The van der Waals surface area contributed by atoms with Crippen LogP contribution < -0.4 is 10.1 Å². The first kappa shape index (κ1) is 23.4. The molecule has 1 aromatic carbocycles. The van der Waals surface area contributed by atoms with Gasteiger partial charge in [0, 0.05) is 52.2 Å². The third kappa shape index (κ3) is 5.89. The van der Waals surface area contributed by atoms with Crippen molar-refractivity contribution < 1.29 is 23.1 Å². The number of anilines is 1. The van der Waals surface area contributed by atoms with E-state index in [2.05, 4.69) is 15.3 Å². The largest absolute Gasteiger partial charge is 0.481 e. The summed E-state index contributed by atoms with van der Waals surface area (Å²) >= 11 is 0. The Labute approximate surface area is 185 Å². The average molecular weight is 447 g/mol. The van der Waals surface area contributed by atoms with Crippen LogP contribution in [0.2, 0.25) is 0 Å². The normalized spacial score (nSPS) is 15.9. The molecule has 172 valence electrons. The third-order valence-corrected chi connectivity index (χ3v) is 5.40. The molecule has 0 saturated carbocycles. The van der Waals surface area contributed by atoms with Gasteiger partial charge in [-0.1, -0.05) is 0 Å². The van der Waals surface area contributed by atoms with Crippen LogP contribution in [0.15, 0.2) is 24.3 Å². The minimum Gasteiger partial charge on any atom is -0.481 e. The molecule has 8 nitrogen and oxygen atoms in total. The van der Waals surface area contributed by atoms with Crippen molar-refractivity contribution in [3.8, 4) is 5.75 Å². The highest BCUT2D eigenvalue weighted by Gasteiger charge is 2.27. The number of hydrogen-bond donors (Lipinski definition) is 1. The zero-order valence-electron chi connectivity index (χ0n) is 18.4. The van der Waals surface area contributed by atoms with Gasteiger partial charge in [-0.05, 0) is 25.0 Å². The van der Waals surface area contributed by atoms with Crippen LogP contribution in [0.3, 0.4) is 0 Å². The van der Waals surface area contributed by atoms with Gasteiger partial charge in [-0.2, -0.15) is 0 Å². The average Bonchev–Trinajstić information content (AvgIpc) is 2.78. The Balaban J connectivity index is 1.68. The second-order valence-corrected chi connectivity index (χ2v) is 7.76. The van der Waals surface area contributed by atoms with Gasteiger partial charge in [0.05, 0.1) is 12.2 Å². The van der Waals surface area contributed by atoms with Crippen molar-refractivity contribution >= 4 is 17.6 Å². The lowest BCUT2D eigenvalue weighted by Crippen LogP contribution is -2.41. The lowest BCUT2D eigenvalue weighted by atomic mass is 9.94. The summed E-state index contributed by atoms with van der Waals surface area (Å²) < 4.78 is 32.0. The summed E-state index contributed by atoms with van der Waals surface area (Å²) in [5.41, 5.74) is 0.791. The molecule has 1 fully saturated rings. The number of benzene rings is 1. The molecule has 3 rings (SSSR count). The zero-order chi connectivity index (χ0) is 23.3. The molecule has 1 N–H and O–H groups in total. The summed E-state index contributed by atoms with van der Waals surface area (Å²) in [6.45, 7) is 2.43. The van der Waals surface area contributed by atoms with Gasteiger partial charge in [-0.15, -0.1) is 0 Å². The van der Waals surface area contributed by atoms with Crippen molar-refractivity contribution in [1.29, 1.82) is 0 Å². The molecule has 1 atom stereocenters. The second-order valence-electron chi connectivity index (χ2n) is 7.76. The van der Waals surface area contributed by atoms with Crippen LogP contribution in [-0.4, -0.2) is 65.4 Å². The quantitative estimate of drug-likeness (QED) is 0.702. The summed E-state index contributed by atoms with van der Waals surface area (Å²) in [6, 6.07) is 4.80. The number of amides is 2. The fourth-order valence-electron chi connectivity index (χ4n) is 3.52. The molecule has 2 aromatic rings. The number of piperidine rings is 1. The van der Waals surface area contributed by atoms with E-state index in [0.717, 1.165) is 30.7 Å². The van der Waals surface area contributed by atoms with E-state index in [-0.39, 0.29) is 36.6 Å². The smallest absolute Gasteiger partial charge is 0.260 e. The van der Waals surface area contributed by atoms with Gasteiger partial charge >= 0.3 is 0 Å². The van der Waals surface area contributed by atoms with Crippen LogP contribution in [0.1, 0.15) is 37.2 Å². The van der Waals surface area contributed by atoms with Crippen LogP contribution in [0.4, 0.5) is 14.6 Å². The van der Waals surface area contributed by atoms with Crippen molar-refractivity contribution in [3.05, 3.63) is 47.4 Å². The fraction of sp³-hybridized carbons (Fsp3) is 0.455. The van der Waals surface area contributed by atoms with E-state index < -0.39 is 11.6 Å². The molecule has 0 unspecified atom stereocenters. The Morgan fingerprint density at radius 2 is 2.06 bits per heavy atom. The Morgan fingerprint density at radius 1 is 1.28 bits per heavy atom. The Morgan fingerprint density at radius 3 is 2.75 bits per heavy atom. The zero-order valence-corrected chi connectivity index (χ0v) is 18.4. The number of likely N-dealkylation sites (tertiary alicyclic amines) is 1. The number of nitrogens with zero attached hydrogens (tertiary/aromatic N) is 4. The number of ether oxygens (including phenoxy) is 1. The van der Waals surface area contributed by atoms with E-state index in [1.807, 2.05) is 6.07 Å². The maximum absolute atomic E-state index is 13.7. The van der Waals surface area contributed by atoms with Crippen LogP contribution in [-0.2, 0) is 16.1 Å². The first-order chi connectivity index (χ1) is 15.3. The number of carbonyl (C=O) groups is 2. The van der Waals surface area contributed by atoms with Gasteiger partial charge in [0.25, 0.3) is 5.91 Å². The Bertz CT molecular complexity index is 988. The minimum atomic E-state index is -0.849. The van der Waals surface area contributed by atoms with Gasteiger partial charge in [-0.3, -0.25) is 9.59 Å². The molecule has 1 saturated heterocycles. The van der Waals surface area contributed by atoms with Gasteiger partial charge in [-0.25, -0.2) is 18.7 Å². The van der Waals surface area contributed by atoms with Crippen LogP contribution >= 0.6 is 0 Å². The second kappa shape index (κ2) is 10.3. The summed E-state index contributed by atoms with van der Waals surface area (Å²) in [7, 11) is 3.44. The van der Waals surface area contributed by atoms with E-state index in [1.165, 1.54) is 11.8 Å². The van der Waals surface area contributed by atoms with Crippen LogP contribution in [0.5, 0.6) is 5.75 Å². The van der Waals surface area contributed by atoms with Crippen molar-refractivity contribution in [2.45, 2.75) is 32.2 Å². The molecule has 0 spiro atoms. The molecule has 1 aromatic heterocycles. The minimum absolute atomic E-state index is 0.00765. The molecule has 1 aliphatic rings. The van der Waals surface area contributed by atoms with E-state index >= 15 is 0 Å². The fourth-order valence-corrected chi connectivity index (χ4v) is 3.52. The Hall–Kier alpha value is -3.30. The van der Waals surface area contributed by atoms with Gasteiger partial charge in [0.2, 0.25) is 5.91 Å². The van der Waals surface area contributed by atoms with Gasteiger partial charge in [0.15, 0.2) is 18.2 Å². The number of carbonyl (C=O) groups excluding carboxylic acids is 2. The molecular weight excluding hydrogens is 420 g/mol. The highest BCUT2D eigenvalue weighted by atomic mass is 19.1. The molecule has 0 bridgehead atoms. The molecule has 2 heterocycles. The first-order valence-corrected chi connectivity index (χ1v) is 10.4. The molecule has 32 heavy (non-hydrogen) atoms. The highest BCUT2D eigenvalue weighted by molar-refractivity contribution is 5.78. The number of nitrogens with one attached hydrogen (secondary N) is 1.